The quantitative estimate of drug-likeness (QED) is 0.796. The largest absolute Gasteiger partial charge is 0.331 e. The van der Waals surface area contributed by atoms with Gasteiger partial charge in [-0.1, -0.05) is 19.3 Å². The molecule has 1 aliphatic carbocycles. The van der Waals surface area contributed by atoms with Crippen molar-refractivity contribution < 1.29 is 0 Å². The first-order valence-corrected chi connectivity index (χ1v) is 5.58. The van der Waals surface area contributed by atoms with Crippen molar-refractivity contribution in [1.29, 1.82) is 0 Å². The molecule has 2 rings (SSSR count). The molecule has 0 saturated heterocycles. The van der Waals surface area contributed by atoms with Crippen molar-refractivity contribution in [3.8, 4) is 0 Å². The number of rotatable bonds is 3. The Hall–Kier alpha value is -0.830. The number of hydrogen-bond acceptors (Lipinski definition) is 2. The van der Waals surface area contributed by atoms with E-state index < -0.39 is 0 Å². The van der Waals surface area contributed by atoms with Crippen molar-refractivity contribution >= 4 is 0 Å². The van der Waals surface area contributed by atoms with E-state index in [4.69, 9.17) is 0 Å². The number of hydrogen-bond donors (Lipinski definition) is 1. The molecule has 0 atom stereocenters. The lowest BCUT2D eigenvalue weighted by molar-refractivity contribution is 0.344. The van der Waals surface area contributed by atoms with Crippen LogP contribution in [-0.4, -0.2) is 16.6 Å². The molecule has 1 aliphatic rings. The Balaban J connectivity index is 2.09. The van der Waals surface area contributed by atoms with Crippen LogP contribution in [0.25, 0.3) is 0 Å². The molecule has 1 aromatic rings. The van der Waals surface area contributed by atoms with Crippen LogP contribution in [-0.2, 0) is 6.54 Å². The maximum atomic E-state index is 4.38. The van der Waals surface area contributed by atoms with Crippen LogP contribution in [0.15, 0.2) is 12.4 Å². The molecule has 1 heterocycles. The standard InChI is InChI=1S/C11H19N3/c1-12-9-11-13-7-8-14(11)10-5-3-2-4-6-10/h7-8,10,12H,2-6,9H2,1H3. The molecule has 78 valence electrons. The maximum Gasteiger partial charge on any atom is 0.122 e. The summed E-state index contributed by atoms with van der Waals surface area (Å²) in [6, 6.07) is 0.703. The third kappa shape index (κ3) is 1.98. The van der Waals surface area contributed by atoms with E-state index >= 15 is 0 Å². The van der Waals surface area contributed by atoms with Gasteiger partial charge >= 0.3 is 0 Å². The lowest BCUT2D eigenvalue weighted by Crippen LogP contribution is -2.18. The Kier molecular flexibility index (Phi) is 3.19. The smallest absolute Gasteiger partial charge is 0.122 e. The molecule has 1 fully saturated rings. The van der Waals surface area contributed by atoms with Crippen molar-refractivity contribution in [2.24, 2.45) is 0 Å². The average Bonchev–Trinajstić information content (AvgIpc) is 2.68. The highest BCUT2D eigenvalue weighted by Gasteiger charge is 2.16. The van der Waals surface area contributed by atoms with Crippen LogP contribution in [0.3, 0.4) is 0 Å². The first kappa shape index (κ1) is 9.71. The second-order valence-corrected chi connectivity index (χ2v) is 4.07. The first-order chi connectivity index (χ1) is 6.92. The summed E-state index contributed by atoms with van der Waals surface area (Å²) in [7, 11) is 1.97. The van der Waals surface area contributed by atoms with Crippen LogP contribution in [0.2, 0.25) is 0 Å². The van der Waals surface area contributed by atoms with E-state index in [1.165, 1.54) is 37.9 Å². The van der Waals surface area contributed by atoms with E-state index in [0.717, 1.165) is 6.54 Å². The number of nitrogens with one attached hydrogen (secondary N) is 1. The predicted octanol–water partition coefficient (Wildman–Crippen LogP) is 2.11. The van der Waals surface area contributed by atoms with Crippen LogP contribution in [0.4, 0.5) is 0 Å². The Bertz CT molecular complexity index is 274. The molecule has 3 heteroatoms. The molecular formula is C11H19N3. The number of imidazole rings is 1. The van der Waals surface area contributed by atoms with Gasteiger partial charge in [-0.05, 0) is 19.9 Å². The highest BCUT2D eigenvalue weighted by molar-refractivity contribution is 4.95. The molecule has 0 bridgehead atoms. The zero-order chi connectivity index (χ0) is 9.80. The minimum absolute atomic E-state index is 0.703. The summed E-state index contributed by atoms with van der Waals surface area (Å²) in [5, 5.41) is 3.17. The summed E-state index contributed by atoms with van der Waals surface area (Å²) in [4.78, 5) is 4.38. The second-order valence-electron chi connectivity index (χ2n) is 4.07. The fraction of sp³-hybridized carbons (Fsp3) is 0.727. The van der Waals surface area contributed by atoms with Crippen molar-refractivity contribution in [3.05, 3.63) is 18.2 Å². The second kappa shape index (κ2) is 4.60. The van der Waals surface area contributed by atoms with Gasteiger partial charge in [0.2, 0.25) is 0 Å². The summed E-state index contributed by atoms with van der Waals surface area (Å²) >= 11 is 0. The summed E-state index contributed by atoms with van der Waals surface area (Å²) < 4.78 is 2.36. The zero-order valence-corrected chi connectivity index (χ0v) is 8.87. The summed E-state index contributed by atoms with van der Waals surface area (Å²) in [5.41, 5.74) is 0. The molecule has 0 spiro atoms. The summed E-state index contributed by atoms with van der Waals surface area (Å²) in [6.07, 6.45) is 10.9. The molecule has 14 heavy (non-hydrogen) atoms. The predicted molar refractivity (Wildman–Crippen MR) is 57.1 cm³/mol. The van der Waals surface area contributed by atoms with E-state index in [2.05, 4.69) is 21.1 Å². The van der Waals surface area contributed by atoms with Gasteiger partial charge in [0.05, 0.1) is 6.54 Å². The summed E-state index contributed by atoms with van der Waals surface area (Å²) in [6.45, 7) is 0.878. The molecular weight excluding hydrogens is 174 g/mol. The fourth-order valence-electron chi connectivity index (χ4n) is 2.33. The lowest BCUT2D eigenvalue weighted by Gasteiger charge is -2.24. The Labute approximate surface area is 85.5 Å². The average molecular weight is 193 g/mol. The van der Waals surface area contributed by atoms with Crippen LogP contribution in [0.1, 0.15) is 44.0 Å². The topological polar surface area (TPSA) is 29.9 Å². The minimum Gasteiger partial charge on any atom is -0.331 e. The van der Waals surface area contributed by atoms with Crippen molar-refractivity contribution in [3.63, 3.8) is 0 Å². The number of nitrogens with zero attached hydrogens (tertiary/aromatic N) is 2. The molecule has 1 saturated carbocycles. The van der Waals surface area contributed by atoms with E-state index in [9.17, 15) is 0 Å². The first-order valence-electron chi connectivity index (χ1n) is 5.58. The zero-order valence-electron chi connectivity index (χ0n) is 8.87. The third-order valence-corrected chi connectivity index (χ3v) is 3.05. The molecule has 0 unspecified atom stereocenters. The van der Waals surface area contributed by atoms with Crippen molar-refractivity contribution in [1.82, 2.24) is 14.9 Å². The van der Waals surface area contributed by atoms with Gasteiger partial charge in [0.15, 0.2) is 0 Å². The normalized spacial score (nSPS) is 18.6. The minimum atomic E-state index is 0.703. The molecule has 0 amide bonds. The molecule has 1 aromatic heterocycles. The molecule has 1 N–H and O–H groups in total. The Morgan fingerprint density at radius 3 is 2.93 bits per heavy atom. The Morgan fingerprint density at radius 2 is 2.21 bits per heavy atom. The van der Waals surface area contributed by atoms with Crippen molar-refractivity contribution in [2.45, 2.75) is 44.7 Å². The van der Waals surface area contributed by atoms with Crippen molar-refractivity contribution in [2.75, 3.05) is 7.05 Å². The van der Waals surface area contributed by atoms with Gasteiger partial charge in [0.1, 0.15) is 5.82 Å². The highest BCUT2D eigenvalue weighted by atomic mass is 15.1. The molecule has 0 radical (unpaired) electrons. The van der Waals surface area contributed by atoms with Gasteiger partial charge < -0.3 is 9.88 Å². The van der Waals surface area contributed by atoms with Crippen LogP contribution in [0, 0.1) is 0 Å². The molecule has 0 aliphatic heterocycles. The highest BCUT2D eigenvalue weighted by Crippen LogP contribution is 2.28. The van der Waals surface area contributed by atoms with E-state index in [0.29, 0.717) is 6.04 Å². The van der Waals surface area contributed by atoms with E-state index in [1.807, 2.05) is 13.2 Å². The van der Waals surface area contributed by atoms with Gasteiger partial charge in [-0.25, -0.2) is 4.98 Å². The van der Waals surface area contributed by atoms with E-state index in [1.54, 1.807) is 0 Å². The SMILES string of the molecule is CNCc1nccn1C1CCCCC1. The van der Waals surface area contributed by atoms with Gasteiger partial charge in [-0.15, -0.1) is 0 Å². The fourth-order valence-corrected chi connectivity index (χ4v) is 2.33. The van der Waals surface area contributed by atoms with Gasteiger partial charge in [-0.2, -0.15) is 0 Å². The monoisotopic (exact) mass is 193 g/mol. The van der Waals surface area contributed by atoms with Gasteiger partial charge in [0, 0.05) is 18.4 Å². The Morgan fingerprint density at radius 1 is 1.43 bits per heavy atom. The molecule has 0 aromatic carbocycles. The molecule has 3 nitrogen and oxygen atoms in total. The third-order valence-electron chi connectivity index (χ3n) is 3.05. The van der Waals surface area contributed by atoms with Crippen LogP contribution < -0.4 is 5.32 Å². The van der Waals surface area contributed by atoms with Gasteiger partial charge in [0.25, 0.3) is 0 Å². The van der Waals surface area contributed by atoms with Gasteiger partial charge in [-0.3, -0.25) is 0 Å². The summed E-state index contributed by atoms with van der Waals surface area (Å²) in [5.74, 6) is 1.18. The van der Waals surface area contributed by atoms with Crippen LogP contribution in [0.5, 0.6) is 0 Å². The lowest BCUT2D eigenvalue weighted by atomic mass is 9.95. The maximum absolute atomic E-state index is 4.38. The number of aromatic nitrogens is 2. The van der Waals surface area contributed by atoms with Crippen LogP contribution >= 0.6 is 0 Å². The van der Waals surface area contributed by atoms with E-state index in [-0.39, 0.29) is 0 Å².